The summed E-state index contributed by atoms with van der Waals surface area (Å²) >= 11 is 0. The van der Waals surface area contributed by atoms with Gasteiger partial charge in [-0.1, -0.05) is 49.2 Å². The number of fused-ring (bicyclic) bond motifs is 2. The Balaban J connectivity index is 1.23. The first kappa shape index (κ1) is 19.6. The molecule has 1 saturated carbocycles. The van der Waals surface area contributed by atoms with Crippen LogP contribution >= 0.6 is 0 Å². The van der Waals surface area contributed by atoms with Gasteiger partial charge in [0.15, 0.2) is 0 Å². The summed E-state index contributed by atoms with van der Waals surface area (Å²) in [6.07, 6.45) is 3.97. The van der Waals surface area contributed by atoms with Gasteiger partial charge < -0.3 is 15.4 Å². The number of rotatable bonds is 5. The molecule has 0 bridgehead atoms. The molecule has 1 aliphatic carbocycles. The van der Waals surface area contributed by atoms with Crippen molar-refractivity contribution in [3.05, 3.63) is 59.7 Å². The number of nitrogens with one attached hydrogen (secondary N) is 2. The van der Waals surface area contributed by atoms with Gasteiger partial charge in [-0.3, -0.25) is 14.5 Å². The third-order valence-electron chi connectivity index (χ3n) is 6.47. The lowest BCUT2D eigenvalue weighted by Crippen LogP contribution is -2.44. The zero-order chi connectivity index (χ0) is 21.4. The fourth-order valence-corrected chi connectivity index (χ4v) is 4.89. The van der Waals surface area contributed by atoms with Crippen LogP contribution in [0.4, 0.5) is 4.79 Å². The Morgan fingerprint density at radius 1 is 1.03 bits per heavy atom. The lowest BCUT2D eigenvalue weighted by atomic mass is 9.94. The minimum Gasteiger partial charge on any atom is -0.457 e. The predicted molar refractivity (Wildman–Crippen MR) is 114 cm³/mol. The van der Waals surface area contributed by atoms with Crippen molar-refractivity contribution >= 4 is 17.8 Å². The molecule has 2 fully saturated rings. The number of carbonyl (C=O) groups is 3. The second-order valence-electron chi connectivity index (χ2n) is 8.46. The minimum atomic E-state index is -0.700. The zero-order valence-electron chi connectivity index (χ0n) is 17.2. The smallest absolute Gasteiger partial charge is 0.325 e. The van der Waals surface area contributed by atoms with Gasteiger partial charge in [0.25, 0.3) is 5.91 Å². The number of benzene rings is 2. The highest BCUT2D eigenvalue weighted by atomic mass is 16.5. The monoisotopic (exact) mass is 419 g/mol. The molecule has 4 amide bonds. The Morgan fingerprint density at radius 2 is 1.65 bits per heavy atom. The average Bonchev–Trinajstić information content (AvgIpc) is 3.33. The first-order chi connectivity index (χ1) is 15.1. The van der Waals surface area contributed by atoms with Crippen LogP contribution < -0.4 is 15.4 Å². The maximum absolute atomic E-state index is 12.8. The van der Waals surface area contributed by atoms with Crippen molar-refractivity contribution < 1.29 is 19.1 Å². The molecule has 7 nitrogen and oxygen atoms in total. The molecule has 0 aromatic heterocycles. The van der Waals surface area contributed by atoms with E-state index in [2.05, 4.69) is 10.6 Å². The van der Waals surface area contributed by atoms with Crippen LogP contribution in [0, 0.1) is 0 Å². The van der Waals surface area contributed by atoms with Crippen LogP contribution in [-0.4, -0.2) is 34.8 Å². The maximum Gasteiger partial charge on any atom is 0.325 e. The first-order valence-electron chi connectivity index (χ1n) is 10.9. The minimum absolute atomic E-state index is 0.126. The Morgan fingerprint density at radius 3 is 2.29 bits per heavy atom. The molecule has 3 aliphatic rings. The van der Waals surface area contributed by atoms with E-state index in [-0.39, 0.29) is 36.9 Å². The van der Waals surface area contributed by atoms with Gasteiger partial charge in [-0.05, 0) is 31.4 Å². The molecule has 0 unspecified atom stereocenters. The quantitative estimate of drug-likeness (QED) is 0.725. The Kier molecular flexibility index (Phi) is 4.88. The van der Waals surface area contributed by atoms with Gasteiger partial charge >= 0.3 is 6.03 Å². The lowest BCUT2D eigenvalue weighted by molar-refractivity contribution is -0.131. The van der Waals surface area contributed by atoms with Crippen molar-refractivity contribution in [2.24, 2.45) is 0 Å². The topological polar surface area (TPSA) is 87.7 Å². The van der Waals surface area contributed by atoms with Gasteiger partial charge in [0.2, 0.25) is 5.91 Å². The number of hydrogen-bond acceptors (Lipinski definition) is 4. The second kappa shape index (κ2) is 7.72. The van der Waals surface area contributed by atoms with E-state index in [0.29, 0.717) is 19.3 Å². The number of ether oxygens (including phenoxy) is 1. The van der Waals surface area contributed by atoms with Crippen LogP contribution in [0.5, 0.6) is 11.5 Å². The maximum atomic E-state index is 12.8. The number of urea groups is 1. The highest BCUT2D eigenvalue weighted by Crippen LogP contribution is 2.42. The standard InChI is InChI=1S/C24H25N3O4/c28-20(12-7-15-27-22(29)24(26-23(27)30)13-5-6-14-24)25-21-16-8-1-3-10-18(16)31-19-11-4-2-9-17(19)21/h1-4,8-11,21H,5-7,12-15H2,(H,25,28)(H,26,30). The van der Waals surface area contributed by atoms with E-state index in [4.69, 9.17) is 4.74 Å². The van der Waals surface area contributed by atoms with Gasteiger partial charge in [0.05, 0.1) is 6.04 Å². The summed E-state index contributed by atoms with van der Waals surface area (Å²) in [5.41, 5.74) is 1.12. The van der Waals surface area contributed by atoms with Crippen molar-refractivity contribution in [1.29, 1.82) is 0 Å². The third-order valence-corrected chi connectivity index (χ3v) is 6.47. The SMILES string of the molecule is O=C(CCCN1C(=O)NC2(CCCC2)C1=O)NC1c2ccccc2Oc2ccccc21. The number of para-hydroxylation sites is 2. The van der Waals surface area contributed by atoms with Gasteiger partial charge in [0.1, 0.15) is 17.0 Å². The van der Waals surface area contributed by atoms with Crippen LogP contribution in [0.1, 0.15) is 55.7 Å². The van der Waals surface area contributed by atoms with Gasteiger partial charge in [0, 0.05) is 24.1 Å². The van der Waals surface area contributed by atoms with Crippen molar-refractivity contribution in [2.45, 2.75) is 50.1 Å². The molecule has 31 heavy (non-hydrogen) atoms. The van der Waals surface area contributed by atoms with Crippen molar-refractivity contribution in [1.82, 2.24) is 15.5 Å². The molecule has 5 rings (SSSR count). The van der Waals surface area contributed by atoms with E-state index in [0.717, 1.165) is 35.5 Å². The molecule has 2 aliphatic heterocycles. The van der Waals surface area contributed by atoms with Crippen LogP contribution in [-0.2, 0) is 9.59 Å². The molecule has 2 N–H and O–H groups in total. The number of carbonyl (C=O) groups excluding carboxylic acids is 3. The van der Waals surface area contributed by atoms with Crippen molar-refractivity contribution in [3.8, 4) is 11.5 Å². The van der Waals surface area contributed by atoms with Crippen LogP contribution in [0.25, 0.3) is 0 Å². The van der Waals surface area contributed by atoms with Crippen LogP contribution in [0.2, 0.25) is 0 Å². The number of nitrogens with zero attached hydrogens (tertiary/aromatic N) is 1. The molecular weight excluding hydrogens is 394 g/mol. The van der Waals surface area contributed by atoms with Gasteiger partial charge in [-0.2, -0.15) is 0 Å². The average molecular weight is 419 g/mol. The van der Waals surface area contributed by atoms with E-state index in [9.17, 15) is 14.4 Å². The van der Waals surface area contributed by atoms with E-state index >= 15 is 0 Å². The Labute approximate surface area is 180 Å². The summed E-state index contributed by atoms with van der Waals surface area (Å²) in [6.45, 7) is 0.251. The predicted octanol–water partition coefficient (Wildman–Crippen LogP) is 3.64. The molecule has 2 aromatic rings. The van der Waals surface area contributed by atoms with Crippen LogP contribution in [0.15, 0.2) is 48.5 Å². The van der Waals surface area contributed by atoms with Crippen molar-refractivity contribution in [2.75, 3.05) is 6.54 Å². The zero-order valence-corrected chi connectivity index (χ0v) is 17.2. The summed E-state index contributed by atoms with van der Waals surface area (Å²) in [7, 11) is 0. The molecule has 2 aromatic carbocycles. The molecule has 1 spiro atoms. The Bertz CT molecular complexity index is 999. The second-order valence-corrected chi connectivity index (χ2v) is 8.46. The van der Waals surface area contributed by atoms with Gasteiger partial charge in [-0.15, -0.1) is 0 Å². The van der Waals surface area contributed by atoms with Gasteiger partial charge in [-0.25, -0.2) is 4.79 Å². The normalized spacial score (nSPS) is 19.0. The third kappa shape index (κ3) is 3.44. The van der Waals surface area contributed by atoms with E-state index < -0.39 is 5.54 Å². The highest BCUT2D eigenvalue weighted by Gasteiger charge is 2.52. The molecular formula is C24H25N3O4. The molecule has 7 heteroatoms. The van der Waals surface area contributed by atoms with Crippen molar-refractivity contribution in [3.63, 3.8) is 0 Å². The molecule has 0 atom stereocenters. The Hall–Kier alpha value is -3.35. The largest absolute Gasteiger partial charge is 0.457 e. The number of amides is 4. The lowest BCUT2D eigenvalue weighted by Gasteiger charge is -2.28. The molecule has 0 radical (unpaired) electrons. The van der Waals surface area contributed by atoms with E-state index in [1.807, 2.05) is 48.5 Å². The summed E-state index contributed by atoms with van der Waals surface area (Å²) in [6, 6.07) is 14.7. The highest BCUT2D eigenvalue weighted by molar-refractivity contribution is 6.07. The molecule has 2 heterocycles. The van der Waals surface area contributed by atoms with Crippen LogP contribution in [0.3, 0.4) is 0 Å². The molecule has 1 saturated heterocycles. The van der Waals surface area contributed by atoms with E-state index in [1.54, 1.807) is 0 Å². The summed E-state index contributed by atoms with van der Waals surface area (Å²) in [5, 5.41) is 5.98. The summed E-state index contributed by atoms with van der Waals surface area (Å²) in [5.74, 6) is 1.20. The first-order valence-corrected chi connectivity index (χ1v) is 10.9. The molecule has 160 valence electrons. The number of imide groups is 1. The fraction of sp³-hybridized carbons (Fsp3) is 0.375. The van der Waals surface area contributed by atoms with E-state index in [1.165, 1.54) is 4.90 Å². The number of hydrogen-bond donors (Lipinski definition) is 2. The fourth-order valence-electron chi connectivity index (χ4n) is 4.89. The summed E-state index contributed by atoms with van der Waals surface area (Å²) < 4.78 is 5.97. The summed E-state index contributed by atoms with van der Waals surface area (Å²) in [4.78, 5) is 39.1.